The van der Waals surface area contributed by atoms with E-state index in [0.717, 1.165) is 22.8 Å². The maximum absolute atomic E-state index is 14.5. The Morgan fingerprint density at radius 2 is 1.97 bits per heavy atom. The number of halogens is 1. The van der Waals surface area contributed by atoms with Gasteiger partial charge in [0.15, 0.2) is 11.5 Å². The number of hydrogen-bond acceptors (Lipinski definition) is 6. The topological polar surface area (TPSA) is 73.6 Å². The zero-order valence-electron chi connectivity index (χ0n) is 15.9. The average Bonchev–Trinajstić information content (AvgIpc) is 3.39. The minimum Gasteiger partial charge on any atom is -0.454 e. The number of benzene rings is 2. The zero-order valence-corrected chi connectivity index (χ0v) is 16.7. The number of aromatic nitrogens is 4. The van der Waals surface area contributed by atoms with Crippen molar-refractivity contribution in [2.75, 3.05) is 13.8 Å². The Morgan fingerprint density at radius 3 is 2.80 bits per heavy atom. The molecule has 2 aromatic carbocycles. The lowest BCUT2D eigenvalue weighted by Gasteiger charge is -2.08. The molecule has 1 N–H and O–H groups in total. The van der Waals surface area contributed by atoms with Gasteiger partial charge in [-0.1, -0.05) is 24.4 Å². The van der Waals surface area contributed by atoms with Gasteiger partial charge < -0.3 is 14.8 Å². The minimum atomic E-state index is -0.417. The quantitative estimate of drug-likeness (QED) is 0.508. The molecular formula is C21H16FN5O2S. The van der Waals surface area contributed by atoms with Crippen LogP contribution in [0.2, 0.25) is 0 Å². The van der Waals surface area contributed by atoms with Crippen molar-refractivity contribution in [3.63, 3.8) is 0 Å². The van der Waals surface area contributed by atoms with Crippen molar-refractivity contribution in [2.24, 2.45) is 0 Å². The van der Waals surface area contributed by atoms with Crippen LogP contribution in [-0.2, 0) is 6.42 Å². The number of nitrogens with zero attached hydrogens (tertiary/aromatic N) is 4. The summed E-state index contributed by atoms with van der Waals surface area (Å²) in [5, 5.41) is 7.41. The first-order valence-corrected chi connectivity index (χ1v) is 9.63. The Kier molecular flexibility index (Phi) is 4.51. The highest BCUT2D eigenvalue weighted by atomic mass is 32.1. The standard InChI is InChI=1S/C21H16FN5O2S/c1-23-20(30)15-4-3-13(8-16(15)22)17-10-25-21-24-9-14(27(21)26-17)6-12-2-5-18-19(7-12)29-11-28-18/h2-5,7-10H,6,11H2,1H3,(H,23,30). The maximum Gasteiger partial charge on any atom is 0.250 e. The van der Waals surface area contributed by atoms with E-state index in [-0.39, 0.29) is 6.79 Å². The predicted octanol–water partition coefficient (Wildman–Crippen LogP) is 3.14. The van der Waals surface area contributed by atoms with Crippen molar-refractivity contribution >= 4 is 23.0 Å². The molecular weight excluding hydrogens is 405 g/mol. The van der Waals surface area contributed by atoms with Crippen LogP contribution in [0.3, 0.4) is 0 Å². The predicted molar refractivity (Wildman–Crippen MR) is 112 cm³/mol. The Hall–Kier alpha value is -3.59. The van der Waals surface area contributed by atoms with E-state index in [1.807, 2.05) is 18.2 Å². The van der Waals surface area contributed by atoms with Crippen molar-refractivity contribution in [1.29, 1.82) is 0 Å². The highest BCUT2D eigenvalue weighted by molar-refractivity contribution is 7.80. The molecule has 4 aromatic rings. The molecule has 30 heavy (non-hydrogen) atoms. The Bertz CT molecular complexity index is 1290. The van der Waals surface area contributed by atoms with Crippen LogP contribution in [0, 0.1) is 5.82 Å². The van der Waals surface area contributed by atoms with Gasteiger partial charge in [0.05, 0.1) is 18.1 Å². The molecule has 0 aliphatic carbocycles. The second kappa shape index (κ2) is 7.34. The number of imidazole rings is 1. The summed E-state index contributed by atoms with van der Waals surface area (Å²) in [6, 6.07) is 10.6. The van der Waals surface area contributed by atoms with Crippen molar-refractivity contribution in [3.8, 4) is 22.8 Å². The maximum atomic E-state index is 14.5. The lowest BCUT2D eigenvalue weighted by Crippen LogP contribution is -2.17. The monoisotopic (exact) mass is 421 g/mol. The van der Waals surface area contributed by atoms with Crippen LogP contribution >= 0.6 is 12.2 Å². The van der Waals surface area contributed by atoms with E-state index >= 15 is 0 Å². The Labute approximate surface area is 176 Å². The molecule has 150 valence electrons. The molecule has 0 saturated carbocycles. The van der Waals surface area contributed by atoms with Gasteiger partial charge in [-0.15, -0.1) is 0 Å². The van der Waals surface area contributed by atoms with Gasteiger partial charge in [-0.25, -0.2) is 18.9 Å². The second-order valence-corrected chi connectivity index (χ2v) is 7.15. The summed E-state index contributed by atoms with van der Waals surface area (Å²) >= 11 is 5.12. The van der Waals surface area contributed by atoms with Crippen LogP contribution in [0.5, 0.6) is 11.5 Å². The van der Waals surface area contributed by atoms with E-state index < -0.39 is 5.82 Å². The van der Waals surface area contributed by atoms with Crippen LogP contribution in [0.4, 0.5) is 4.39 Å². The lowest BCUT2D eigenvalue weighted by atomic mass is 10.1. The van der Waals surface area contributed by atoms with Gasteiger partial charge in [0.25, 0.3) is 5.78 Å². The number of fused-ring (bicyclic) bond motifs is 2. The van der Waals surface area contributed by atoms with Crippen molar-refractivity contribution in [2.45, 2.75) is 6.42 Å². The molecule has 0 fully saturated rings. The second-order valence-electron chi connectivity index (χ2n) is 6.74. The van der Waals surface area contributed by atoms with Crippen LogP contribution in [0.1, 0.15) is 16.8 Å². The molecule has 1 aliphatic heterocycles. The molecule has 9 heteroatoms. The minimum absolute atomic E-state index is 0.234. The van der Waals surface area contributed by atoms with Crippen molar-refractivity contribution in [3.05, 3.63) is 71.4 Å². The lowest BCUT2D eigenvalue weighted by molar-refractivity contribution is 0.174. The smallest absolute Gasteiger partial charge is 0.250 e. The molecule has 2 aromatic heterocycles. The van der Waals surface area contributed by atoms with E-state index in [1.165, 1.54) is 6.07 Å². The number of hydrogen-bond donors (Lipinski definition) is 1. The van der Waals surface area contributed by atoms with Crippen molar-refractivity contribution < 1.29 is 13.9 Å². The molecule has 7 nitrogen and oxygen atoms in total. The van der Waals surface area contributed by atoms with E-state index in [4.69, 9.17) is 21.7 Å². The third-order valence-corrected chi connectivity index (χ3v) is 5.28. The number of nitrogens with one attached hydrogen (secondary N) is 1. The zero-order chi connectivity index (χ0) is 20.7. The van der Waals surface area contributed by atoms with E-state index in [1.54, 1.807) is 36.1 Å². The SMILES string of the molecule is CNC(=S)c1ccc(-c2cnc3ncc(Cc4ccc5c(c4)OCO5)n3n2)cc1F. The summed E-state index contributed by atoms with van der Waals surface area (Å²) in [4.78, 5) is 9.04. The third kappa shape index (κ3) is 3.22. The number of thiocarbonyl (C=S) groups is 1. The van der Waals surface area contributed by atoms with Crippen molar-refractivity contribution in [1.82, 2.24) is 24.9 Å². The average molecular weight is 421 g/mol. The van der Waals surface area contributed by atoms with E-state index in [9.17, 15) is 4.39 Å². The summed E-state index contributed by atoms with van der Waals surface area (Å²) < 4.78 is 27.0. The molecule has 0 atom stereocenters. The molecule has 5 rings (SSSR count). The molecule has 0 bridgehead atoms. The van der Waals surface area contributed by atoms with Crippen LogP contribution < -0.4 is 14.8 Å². The van der Waals surface area contributed by atoms with Gasteiger partial charge in [-0.2, -0.15) is 5.10 Å². The van der Waals surface area contributed by atoms with Crippen LogP contribution in [0.25, 0.3) is 17.0 Å². The van der Waals surface area contributed by atoms with Gasteiger partial charge >= 0.3 is 0 Å². The summed E-state index contributed by atoms with van der Waals surface area (Å²) in [6.07, 6.45) is 3.90. The first kappa shape index (κ1) is 18.4. The normalized spacial score (nSPS) is 12.3. The first-order chi connectivity index (χ1) is 14.6. The molecule has 3 heterocycles. The fourth-order valence-electron chi connectivity index (χ4n) is 3.33. The summed E-state index contributed by atoms with van der Waals surface area (Å²) in [7, 11) is 1.66. The highest BCUT2D eigenvalue weighted by Gasteiger charge is 2.15. The fraction of sp³-hybridized carbons (Fsp3) is 0.143. The van der Waals surface area contributed by atoms with E-state index in [0.29, 0.717) is 34.0 Å². The highest BCUT2D eigenvalue weighted by Crippen LogP contribution is 2.33. The largest absolute Gasteiger partial charge is 0.454 e. The Balaban J connectivity index is 1.49. The Morgan fingerprint density at radius 1 is 1.13 bits per heavy atom. The van der Waals surface area contributed by atoms with Gasteiger partial charge in [0.2, 0.25) is 6.79 Å². The summed E-state index contributed by atoms with van der Waals surface area (Å²) in [5.74, 6) is 1.52. The van der Waals surface area contributed by atoms with Gasteiger partial charge in [-0.3, -0.25) is 0 Å². The van der Waals surface area contributed by atoms with Crippen LogP contribution in [0.15, 0.2) is 48.8 Å². The van der Waals surface area contributed by atoms with Crippen LogP contribution in [-0.4, -0.2) is 38.4 Å². The summed E-state index contributed by atoms with van der Waals surface area (Å²) in [6.45, 7) is 0.234. The molecule has 0 saturated heterocycles. The fourth-order valence-corrected chi connectivity index (χ4v) is 3.49. The van der Waals surface area contributed by atoms with Gasteiger partial charge in [-0.05, 0) is 29.8 Å². The number of ether oxygens (including phenoxy) is 2. The number of rotatable bonds is 4. The van der Waals surface area contributed by atoms with Gasteiger partial charge in [0.1, 0.15) is 16.5 Å². The van der Waals surface area contributed by atoms with E-state index in [2.05, 4.69) is 20.4 Å². The molecule has 0 radical (unpaired) electrons. The molecule has 0 unspecified atom stereocenters. The third-order valence-electron chi connectivity index (χ3n) is 4.86. The van der Waals surface area contributed by atoms with Gasteiger partial charge in [0, 0.05) is 24.6 Å². The first-order valence-electron chi connectivity index (χ1n) is 9.22. The molecule has 0 amide bonds. The molecule has 1 aliphatic rings. The summed E-state index contributed by atoms with van der Waals surface area (Å²) in [5.41, 5.74) is 3.37. The molecule has 0 spiro atoms.